The predicted molar refractivity (Wildman–Crippen MR) is 80.2 cm³/mol. The molecule has 1 fully saturated rings. The molecule has 0 spiro atoms. The first kappa shape index (κ1) is 13.7. The number of carbonyl (C=O) groups excluding carboxylic acids is 1. The van der Waals surface area contributed by atoms with Gasteiger partial charge < -0.3 is 9.88 Å². The van der Waals surface area contributed by atoms with E-state index in [1.54, 1.807) is 12.1 Å². The van der Waals surface area contributed by atoms with Gasteiger partial charge in [-0.2, -0.15) is 0 Å². The Labute approximate surface area is 127 Å². The minimum Gasteiger partial charge on any atom is -0.352 e. The highest BCUT2D eigenvalue weighted by Gasteiger charge is 2.28. The first-order valence-corrected chi connectivity index (χ1v) is 7.54. The molecule has 2 aromatic rings. The van der Waals surface area contributed by atoms with Gasteiger partial charge in [-0.05, 0) is 38.0 Å². The Morgan fingerprint density at radius 3 is 2.95 bits per heavy atom. The maximum absolute atomic E-state index is 12.2. The van der Waals surface area contributed by atoms with E-state index in [-0.39, 0.29) is 17.8 Å². The van der Waals surface area contributed by atoms with Crippen molar-refractivity contribution in [2.24, 2.45) is 0 Å². The van der Waals surface area contributed by atoms with Crippen LogP contribution in [0.25, 0.3) is 11.0 Å². The summed E-state index contributed by atoms with van der Waals surface area (Å²) in [6, 6.07) is 5.46. The molecule has 1 atom stereocenters. The van der Waals surface area contributed by atoms with Gasteiger partial charge in [0.15, 0.2) is 0 Å². The Bertz CT molecular complexity index is 664. The minimum absolute atomic E-state index is 0.00752. The van der Waals surface area contributed by atoms with Gasteiger partial charge in [0, 0.05) is 11.1 Å². The van der Waals surface area contributed by atoms with Crippen LogP contribution in [0, 0.1) is 0 Å². The number of halogens is 2. The number of hydrogen-bond acceptors (Lipinski definition) is 2. The molecule has 1 N–H and O–H groups in total. The first-order valence-electron chi connectivity index (χ1n) is 6.63. The second-order valence-electron chi connectivity index (χ2n) is 5.12. The van der Waals surface area contributed by atoms with Gasteiger partial charge >= 0.3 is 0 Å². The fourth-order valence-corrected chi connectivity index (χ4v) is 2.67. The molecule has 3 rings (SSSR count). The van der Waals surface area contributed by atoms with E-state index in [9.17, 15) is 4.79 Å². The molecular formula is C14H15Cl2N3O. The summed E-state index contributed by atoms with van der Waals surface area (Å²) in [6.07, 6.45) is 2.14. The van der Waals surface area contributed by atoms with Crippen molar-refractivity contribution in [3.63, 3.8) is 0 Å². The lowest BCUT2D eigenvalue weighted by Gasteiger charge is -2.16. The van der Waals surface area contributed by atoms with Gasteiger partial charge in [0.1, 0.15) is 11.9 Å². The van der Waals surface area contributed by atoms with Crippen LogP contribution in [0.1, 0.15) is 31.6 Å². The topological polar surface area (TPSA) is 46.9 Å². The Hall–Kier alpha value is -1.26. The van der Waals surface area contributed by atoms with Crippen molar-refractivity contribution >= 4 is 40.1 Å². The number of carbonyl (C=O) groups is 1. The van der Waals surface area contributed by atoms with Gasteiger partial charge in [-0.3, -0.25) is 4.79 Å². The van der Waals surface area contributed by atoms with Gasteiger partial charge in [-0.1, -0.05) is 11.6 Å². The largest absolute Gasteiger partial charge is 0.352 e. The summed E-state index contributed by atoms with van der Waals surface area (Å²) in [4.78, 5) is 16.7. The maximum atomic E-state index is 12.2. The van der Waals surface area contributed by atoms with Crippen molar-refractivity contribution in [3.8, 4) is 0 Å². The third-order valence-electron chi connectivity index (χ3n) is 3.53. The molecule has 1 heterocycles. The quantitative estimate of drug-likeness (QED) is 0.881. The summed E-state index contributed by atoms with van der Waals surface area (Å²) in [7, 11) is 0. The molecule has 0 saturated heterocycles. The predicted octanol–water partition coefficient (Wildman–Crippen LogP) is 3.27. The highest BCUT2D eigenvalue weighted by Crippen LogP contribution is 2.26. The van der Waals surface area contributed by atoms with E-state index in [4.69, 9.17) is 23.2 Å². The molecule has 1 amide bonds. The Balaban J connectivity index is 2.01. The minimum atomic E-state index is -0.337. The fraction of sp³-hybridized carbons (Fsp3) is 0.429. The maximum Gasteiger partial charge on any atom is 0.243 e. The SMILES string of the molecule is CC(C(=O)NC1CC1)n1c(CCl)nc2cc(Cl)ccc21. The van der Waals surface area contributed by atoms with Crippen molar-refractivity contribution in [1.29, 1.82) is 0 Å². The molecule has 0 aliphatic heterocycles. The lowest BCUT2D eigenvalue weighted by Crippen LogP contribution is -2.33. The zero-order valence-corrected chi connectivity index (χ0v) is 12.6. The molecule has 6 heteroatoms. The van der Waals surface area contributed by atoms with Crippen molar-refractivity contribution in [3.05, 3.63) is 29.0 Å². The van der Waals surface area contributed by atoms with Crippen molar-refractivity contribution in [2.45, 2.75) is 37.7 Å². The van der Waals surface area contributed by atoms with Crippen LogP contribution in [0.4, 0.5) is 0 Å². The Morgan fingerprint density at radius 2 is 2.30 bits per heavy atom. The Morgan fingerprint density at radius 1 is 1.55 bits per heavy atom. The van der Waals surface area contributed by atoms with Crippen LogP contribution < -0.4 is 5.32 Å². The van der Waals surface area contributed by atoms with Crippen LogP contribution in [0.2, 0.25) is 5.02 Å². The van der Waals surface area contributed by atoms with E-state index in [2.05, 4.69) is 10.3 Å². The van der Waals surface area contributed by atoms with Gasteiger partial charge in [0.05, 0.1) is 16.9 Å². The number of nitrogens with zero attached hydrogens (tertiary/aromatic N) is 2. The zero-order valence-electron chi connectivity index (χ0n) is 11.1. The Kier molecular flexibility index (Phi) is 3.61. The highest BCUT2D eigenvalue weighted by atomic mass is 35.5. The molecule has 0 bridgehead atoms. The summed E-state index contributed by atoms with van der Waals surface area (Å²) in [5.74, 6) is 0.948. The van der Waals surface area contributed by atoms with Crippen molar-refractivity contribution < 1.29 is 4.79 Å². The lowest BCUT2D eigenvalue weighted by molar-refractivity contribution is -0.123. The van der Waals surface area contributed by atoms with Crippen LogP contribution in [0.3, 0.4) is 0 Å². The van der Waals surface area contributed by atoms with Crippen LogP contribution >= 0.6 is 23.2 Å². The van der Waals surface area contributed by atoms with E-state index >= 15 is 0 Å². The first-order chi connectivity index (χ1) is 9.60. The smallest absolute Gasteiger partial charge is 0.243 e. The van der Waals surface area contributed by atoms with E-state index in [0.717, 1.165) is 23.9 Å². The molecule has 1 aliphatic rings. The van der Waals surface area contributed by atoms with Gasteiger partial charge in [0.25, 0.3) is 0 Å². The van der Waals surface area contributed by atoms with E-state index < -0.39 is 0 Å². The van der Waals surface area contributed by atoms with Crippen LogP contribution in [-0.4, -0.2) is 21.5 Å². The molecule has 1 saturated carbocycles. The molecular weight excluding hydrogens is 297 g/mol. The van der Waals surface area contributed by atoms with Crippen LogP contribution in [-0.2, 0) is 10.7 Å². The number of amides is 1. The van der Waals surface area contributed by atoms with Gasteiger partial charge in [0.2, 0.25) is 5.91 Å². The number of fused-ring (bicyclic) bond motifs is 1. The summed E-state index contributed by atoms with van der Waals surface area (Å²) in [5, 5.41) is 3.64. The highest BCUT2D eigenvalue weighted by molar-refractivity contribution is 6.31. The molecule has 1 unspecified atom stereocenters. The van der Waals surface area contributed by atoms with E-state index in [0.29, 0.717) is 16.9 Å². The fourth-order valence-electron chi connectivity index (χ4n) is 2.31. The summed E-state index contributed by atoms with van der Waals surface area (Å²) in [5.41, 5.74) is 1.64. The molecule has 0 radical (unpaired) electrons. The second-order valence-corrected chi connectivity index (χ2v) is 5.83. The standard InChI is InChI=1S/C14H15Cl2N3O/c1-8(14(20)17-10-3-4-10)19-12-5-2-9(16)6-11(12)18-13(19)7-15/h2,5-6,8,10H,3-4,7H2,1H3,(H,17,20). The lowest BCUT2D eigenvalue weighted by atomic mass is 10.2. The average molecular weight is 312 g/mol. The van der Waals surface area contributed by atoms with Crippen LogP contribution in [0.5, 0.6) is 0 Å². The van der Waals surface area contributed by atoms with Gasteiger partial charge in [-0.15, -0.1) is 11.6 Å². The third kappa shape index (κ3) is 2.50. The zero-order chi connectivity index (χ0) is 14.3. The number of nitrogens with one attached hydrogen (secondary N) is 1. The number of aromatic nitrogens is 2. The van der Waals surface area contributed by atoms with E-state index in [1.165, 1.54) is 0 Å². The third-order valence-corrected chi connectivity index (χ3v) is 4.01. The number of alkyl halides is 1. The van der Waals surface area contributed by atoms with Crippen molar-refractivity contribution in [2.75, 3.05) is 0 Å². The number of rotatable bonds is 4. The van der Waals surface area contributed by atoms with Crippen LogP contribution in [0.15, 0.2) is 18.2 Å². The summed E-state index contributed by atoms with van der Waals surface area (Å²) >= 11 is 11.9. The average Bonchev–Trinajstić information content (AvgIpc) is 3.16. The van der Waals surface area contributed by atoms with E-state index in [1.807, 2.05) is 17.6 Å². The molecule has 20 heavy (non-hydrogen) atoms. The monoisotopic (exact) mass is 311 g/mol. The summed E-state index contributed by atoms with van der Waals surface area (Å²) in [6.45, 7) is 1.86. The molecule has 1 aliphatic carbocycles. The number of imidazole rings is 1. The molecule has 4 nitrogen and oxygen atoms in total. The normalized spacial score (nSPS) is 16.4. The van der Waals surface area contributed by atoms with Crippen molar-refractivity contribution in [1.82, 2.24) is 14.9 Å². The number of hydrogen-bond donors (Lipinski definition) is 1. The molecule has 1 aromatic carbocycles. The second kappa shape index (κ2) is 5.26. The summed E-state index contributed by atoms with van der Waals surface area (Å²) < 4.78 is 1.89. The molecule has 1 aromatic heterocycles. The number of benzene rings is 1. The molecule has 106 valence electrons. The van der Waals surface area contributed by atoms with Gasteiger partial charge in [-0.25, -0.2) is 4.98 Å².